The second-order valence-corrected chi connectivity index (χ2v) is 6.54. The van der Waals surface area contributed by atoms with Crippen LogP contribution in [0.4, 0.5) is 0 Å². The van der Waals surface area contributed by atoms with Crippen LogP contribution in [0.5, 0.6) is 0 Å². The van der Waals surface area contributed by atoms with E-state index in [9.17, 15) is 0 Å². The number of ether oxygens (including phenoxy) is 1. The van der Waals surface area contributed by atoms with E-state index >= 15 is 0 Å². The third kappa shape index (κ3) is 3.52. The average molecular weight is 267 g/mol. The molecular weight excluding hydrogens is 234 g/mol. The molecule has 2 aliphatic rings. The number of hydrogen-bond donors (Lipinski definition) is 1. The molecule has 0 aromatic heterocycles. The molecule has 2 fully saturated rings. The zero-order chi connectivity index (χ0) is 13.6. The minimum Gasteiger partial charge on any atom is -0.378 e. The molecule has 2 atom stereocenters. The summed E-state index contributed by atoms with van der Waals surface area (Å²) in [6.45, 7) is 6.52. The number of rotatable bonds is 10. The van der Waals surface area contributed by atoms with Crippen molar-refractivity contribution in [1.82, 2.24) is 5.32 Å². The van der Waals surface area contributed by atoms with Crippen molar-refractivity contribution in [3.05, 3.63) is 0 Å². The highest BCUT2D eigenvalue weighted by atomic mass is 16.5. The van der Waals surface area contributed by atoms with Crippen LogP contribution in [0, 0.1) is 5.41 Å². The van der Waals surface area contributed by atoms with E-state index in [0.29, 0.717) is 11.5 Å². The minimum atomic E-state index is 0.540. The fourth-order valence-electron chi connectivity index (χ4n) is 3.91. The lowest BCUT2D eigenvalue weighted by Crippen LogP contribution is -2.66. The highest BCUT2D eigenvalue weighted by Crippen LogP contribution is 2.57. The molecule has 0 aliphatic heterocycles. The van der Waals surface area contributed by atoms with Gasteiger partial charge < -0.3 is 10.1 Å². The van der Waals surface area contributed by atoms with Gasteiger partial charge in [-0.15, -0.1) is 0 Å². The summed E-state index contributed by atoms with van der Waals surface area (Å²) >= 11 is 0. The van der Waals surface area contributed by atoms with Gasteiger partial charge in [0.05, 0.1) is 6.10 Å². The van der Waals surface area contributed by atoms with Crippen LogP contribution >= 0.6 is 0 Å². The minimum absolute atomic E-state index is 0.540. The van der Waals surface area contributed by atoms with E-state index in [1.807, 2.05) is 0 Å². The third-order valence-electron chi connectivity index (χ3n) is 5.36. The monoisotopic (exact) mass is 267 g/mol. The van der Waals surface area contributed by atoms with Crippen LogP contribution in [0.1, 0.15) is 78.1 Å². The van der Waals surface area contributed by atoms with Crippen molar-refractivity contribution in [2.75, 3.05) is 13.2 Å². The largest absolute Gasteiger partial charge is 0.378 e. The van der Waals surface area contributed by atoms with Gasteiger partial charge in [-0.1, -0.05) is 45.4 Å². The van der Waals surface area contributed by atoms with E-state index < -0.39 is 0 Å². The predicted molar refractivity (Wildman–Crippen MR) is 81.5 cm³/mol. The first-order valence-electron chi connectivity index (χ1n) is 8.68. The van der Waals surface area contributed by atoms with Gasteiger partial charge in [0.25, 0.3) is 0 Å². The van der Waals surface area contributed by atoms with Crippen LogP contribution in [0.15, 0.2) is 0 Å². The molecule has 0 aromatic rings. The SMILES string of the molecule is CCCCCCCCNC1CC(OCC)C12CCC2. The second kappa shape index (κ2) is 7.64. The second-order valence-electron chi connectivity index (χ2n) is 6.54. The molecule has 2 rings (SSSR count). The highest BCUT2D eigenvalue weighted by Gasteiger charge is 2.58. The first-order valence-corrected chi connectivity index (χ1v) is 8.68. The molecule has 2 nitrogen and oxygen atoms in total. The third-order valence-corrected chi connectivity index (χ3v) is 5.36. The fraction of sp³-hybridized carbons (Fsp3) is 1.00. The van der Waals surface area contributed by atoms with Gasteiger partial charge in [-0.05, 0) is 39.2 Å². The van der Waals surface area contributed by atoms with Gasteiger partial charge in [-0.25, -0.2) is 0 Å². The molecule has 0 bridgehead atoms. The molecule has 1 N–H and O–H groups in total. The topological polar surface area (TPSA) is 21.3 Å². The zero-order valence-electron chi connectivity index (χ0n) is 13.0. The Bertz CT molecular complexity index is 250. The van der Waals surface area contributed by atoms with Gasteiger partial charge in [-0.2, -0.15) is 0 Å². The summed E-state index contributed by atoms with van der Waals surface area (Å²) in [5.41, 5.74) is 0.540. The van der Waals surface area contributed by atoms with Crippen molar-refractivity contribution >= 4 is 0 Å². The standard InChI is InChI=1S/C17H33NO/c1-3-5-6-7-8-9-13-18-15-14-16(19-4-2)17(15)11-10-12-17/h15-16,18H,3-14H2,1-2H3. The van der Waals surface area contributed by atoms with Crippen LogP contribution in [0.3, 0.4) is 0 Å². The number of unbranched alkanes of at least 4 members (excludes halogenated alkanes) is 5. The van der Waals surface area contributed by atoms with Crippen LogP contribution in [-0.4, -0.2) is 25.3 Å². The first-order chi connectivity index (χ1) is 9.33. The van der Waals surface area contributed by atoms with Crippen LogP contribution in [0.25, 0.3) is 0 Å². The van der Waals surface area contributed by atoms with E-state index in [1.165, 1.54) is 70.8 Å². The summed E-state index contributed by atoms with van der Waals surface area (Å²) in [5.74, 6) is 0. The molecule has 19 heavy (non-hydrogen) atoms. The lowest BCUT2D eigenvalue weighted by molar-refractivity contribution is -0.172. The van der Waals surface area contributed by atoms with Gasteiger partial charge >= 0.3 is 0 Å². The Morgan fingerprint density at radius 3 is 2.42 bits per heavy atom. The Balaban J connectivity index is 1.55. The molecule has 0 amide bonds. The lowest BCUT2D eigenvalue weighted by atomic mass is 9.51. The smallest absolute Gasteiger partial charge is 0.0661 e. The summed E-state index contributed by atoms with van der Waals surface area (Å²) in [5, 5.41) is 3.81. The Kier molecular flexibility index (Phi) is 6.15. The maximum Gasteiger partial charge on any atom is 0.0661 e. The molecule has 2 unspecified atom stereocenters. The highest BCUT2D eigenvalue weighted by molar-refractivity contribution is 5.11. The average Bonchev–Trinajstić information content (AvgIpc) is 2.33. The van der Waals surface area contributed by atoms with Gasteiger partial charge in [-0.3, -0.25) is 0 Å². The van der Waals surface area contributed by atoms with Crippen molar-refractivity contribution in [2.45, 2.75) is 90.2 Å². The Hall–Kier alpha value is -0.0800. The van der Waals surface area contributed by atoms with Gasteiger partial charge in [0.1, 0.15) is 0 Å². The van der Waals surface area contributed by atoms with Crippen molar-refractivity contribution in [3.63, 3.8) is 0 Å². The van der Waals surface area contributed by atoms with Crippen LogP contribution < -0.4 is 5.32 Å². The van der Waals surface area contributed by atoms with E-state index in [-0.39, 0.29) is 0 Å². The summed E-state index contributed by atoms with van der Waals surface area (Å²) in [6.07, 6.45) is 14.4. The number of hydrogen-bond acceptors (Lipinski definition) is 2. The maximum absolute atomic E-state index is 5.90. The van der Waals surface area contributed by atoms with E-state index in [2.05, 4.69) is 19.2 Å². The van der Waals surface area contributed by atoms with Crippen LogP contribution in [0.2, 0.25) is 0 Å². The number of nitrogens with one attached hydrogen (secondary N) is 1. The fourth-order valence-corrected chi connectivity index (χ4v) is 3.91. The Morgan fingerprint density at radius 1 is 1.05 bits per heavy atom. The van der Waals surface area contributed by atoms with Gasteiger partial charge in [0, 0.05) is 18.1 Å². The van der Waals surface area contributed by atoms with Crippen molar-refractivity contribution in [2.24, 2.45) is 5.41 Å². The zero-order valence-corrected chi connectivity index (χ0v) is 13.0. The molecule has 112 valence electrons. The Labute approximate surface area is 119 Å². The molecule has 0 saturated heterocycles. The summed E-state index contributed by atoms with van der Waals surface area (Å²) in [7, 11) is 0. The van der Waals surface area contributed by atoms with Crippen molar-refractivity contribution < 1.29 is 4.74 Å². The van der Waals surface area contributed by atoms with Crippen molar-refractivity contribution in [3.8, 4) is 0 Å². The molecular formula is C17H33NO. The first kappa shape index (κ1) is 15.3. The van der Waals surface area contributed by atoms with E-state index in [1.54, 1.807) is 0 Å². The molecule has 1 spiro atoms. The quantitative estimate of drug-likeness (QED) is 0.596. The summed E-state index contributed by atoms with van der Waals surface area (Å²) < 4.78 is 5.90. The molecule has 0 heterocycles. The Morgan fingerprint density at radius 2 is 1.79 bits per heavy atom. The van der Waals surface area contributed by atoms with Crippen LogP contribution in [-0.2, 0) is 4.74 Å². The van der Waals surface area contributed by atoms with Gasteiger partial charge in [0.2, 0.25) is 0 Å². The summed E-state index contributed by atoms with van der Waals surface area (Å²) in [6, 6.07) is 0.758. The lowest BCUT2D eigenvalue weighted by Gasteiger charge is -2.61. The molecule has 2 heteroatoms. The molecule has 2 saturated carbocycles. The molecule has 0 radical (unpaired) electrons. The van der Waals surface area contributed by atoms with Gasteiger partial charge in [0.15, 0.2) is 0 Å². The van der Waals surface area contributed by atoms with Crippen molar-refractivity contribution in [1.29, 1.82) is 0 Å². The maximum atomic E-state index is 5.90. The van der Waals surface area contributed by atoms with E-state index in [0.717, 1.165) is 12.6 Å². The predicted octanol–water partition coefficient (Wildman–Crippen LogP) is 4.28. The summed E-state index contributed by atoms with van der Waals surface area (Å²) in [4.78, 5) is 0. The van der Waals surface area contributed by atoms with E-state index in [4.69, 9.17) is 4.74 Å². The molecule has 0 aromatic carbocycles. The normalized spacial score (nSPS) is 28.1. The molecule has 2 aliphatic carbocycles.